The molecule has 0 radical (unpaired) electrons. The van der Waals surface area contributed by atoms with E-state index in [4.69, 9.17) is 0 Å². The Morgan fingerprint density at radius 3 is 1.56 bits per heavy atom. The highest BCUT2D eigenvalue weighted by atomic mass is 14.6. The van der Waals surface area contributed by atoms with Crippen LogP contribution in [0.2, 0.25) is 18.0 Å². The summed E-state index contributed by atoms with van der Waals surface area (Å²) in [7, 11) is 0. The second-order valence-corrected chi connectivity index (χ2v) is 11.7. The minimum Gasteiger partial charge on any atom is -0.0960 e. The van der Waals surface area contributed by atoms with Crippen LogP contribution in [-0.4, -0.2) is 6.71 Å². The molecule has 0 N–H and O–H groups in total. The Bertz CT molecular complexity index is 502. The molecule has 0 saturated heterocycles. The molecule has 6 saturated carbocycles. The zero-order chi connectivity index (χ0) is 18.1. The van der Waals surface area contributed by atoms with Gasteiger partial charge in [-0.05, 0) is 66.1 Å². The van der Waals surface area contributed by atoms with Crippen molar-refractivity contribution in [2.75, 3.05) is 0 Å². The van der Waals surface area contributed by atoms with E-state index >= 15 is 0 Å². The predicted molar refractivity (Wildman–Crippen MR) is 111 cm³/mol. The molecule has 0 heterocycles. The predicted octanol–water partition coefficient (Wildman–Crippen LogP) is 7.20. The molecule has 0 spiro atoms. The maximum atomic E-state index is 2.62. The third-order valence-corrected chi connectivity index (χ3v) is 10.6. The lowest BCUT2D eigenvalue weighted by atomic mass is 9.20. The lowest BCUT2D eigenvalue weighted by molar-refractivity contribution is -0.107. The van der Waals surface area contributed by atoms with Crippen LogP contribution in [0.1, 0.15) is 74.1 Å². The normalized spacial score (nSPS) is 49.4. The van der Waals surface area contributed by atoms with Gasteiger partial charge in [-0.2, -0.15) is 0 Å². The Hall–Kier alpha value is -0.195. The molecular weight excluding hydrogens is 299 g/mol. The molecular formula is C24H41B. The quantitative estimate of drug-likeness (QED) is 0.375. The van der Waals surface area contributed by atoms with Crippen LogP contribution < -0.4 is 0 Å². The molecule has 0 aromatic heterocycles. The maximum Gasteiger partial charge on any atom is 0.150 e. The summed E-state index contributed by atoms with van der Waals surface area (Å²) < 4.78 is 0. The van der Waals surface area contributed by atoms with Gasteiger partial charge in [0, 0.05) is 0 Å². The summed E-state index contributed by atoms with van der Waals surface area (Å²) in [5.41, 5.74) is 1.26. The van der Waals surface area contributed by atoms with E-state index in [1.807, 2.05) is 0 Å². The lowest BCUT2D eigenvalue weighted by Gasteiger charge is -2.66. The van der Waals surface area contributed by atoms with E-state index in [0.717, 1.165) is 53.9 Å². The summed E-state index contributed by atoms with van der Waals surface area (Å²) in [6.07, 6.45) is 12.3. The molecule has 0 aliphatic heterocycles. The largest absolute Gasteiger partial charge is 0.150 e. The Balaban J connectivity index is 1.56. The first-order valence-electron chi connectivity index (χ1n) is 11.3. The van der Waals surface area contributed by atoms with Gasteiger partial charge in [0.2, 0.25) is 0 Å². The molecule has 0 unspecified atom stereocenters. The van der Waals surface area contributed by atoms with Gasteiger partial charge in [-0.3, -0.25) is 0 Å². The Morgan fingerprint density at radius 1 is 0.800 bits per heavy atom. The van der Waals surface area contributed by atoms with Crippen LogP contribution in [0.3, 0.4) is 0 Å². The average Bonchev–Trinajstić information content (AvgIpc) is 2.56. The highest BCUT2D eigenvalue weighted by Crippen LogP contribution is 2.69. The molecule has 6 fully saturated rings. The van der Waals surface area contributed by atoms with Crippen LogP contribution >= 0.6 is 0 Å². The van der Waals surface area contributed by atoms with Gasteiger partial charge in [-0.15, -0.1) is 0 Å². The lowest BCUT2D eigenvalue weighted by Crippen LogP contribution is -2.59. The summed E-state index contributed by atoms with van der Waals surface area (Å²) in [4.78, 5) is 0. The monoisotopic (exact) mass is 340 g/mol. The number of hydrogen-bond donors (Lipinski definition) is 0. The topological polar surface area (TPSA) is 0 Å². The third kappa shape index (κ3) is 2.46. The summed E-state index contributed by atoms with van der Waals surface area (Å²) in [5, 5.41) is 0. The van der Waals surface area contributed by atoms with Crippen molar-refractivity contribution in [3.05, 3.63) is 12.2 Å². The van der Waals surface area contributed by atoms with E-state index in [0.29, 0.717) is 10.8 Å². The Morgan fingerprint density at radius 2 is 1.24 bits per heavy atom. The molecule has 6 aliphatic carbocycles. The summed E-state index contributed by atoms with van der Waals surface area (Å²) >= 11 is 0. The van der Waals surface area contributed by atoms with Crippen LogP contribution in [0.25, 0.3) is 0 Å². The minimum atomic E-state index is 0.628. The van der Waals surface area contributed by atoms with Gasteiger partial charge >= 0.3 is 0 Å². The van der Waals surface area contributed by atoms with Crippen molar-refractivity contribution in [3.63, 3.8) is 0 Å². The molecule has 0 aromatic carbocycles. The molecule has 1 heteroatoms. The number of hydrogen-bond acceptors (Lipinski definition) is 0. The molecule has 140 valence electrons. The van der Waals surface area contributed by atoms with E-state index < -0.39 is 0 Å². The van der Waals surface area contributed by atoms with Gasteiger partial charge in [0.1, 0.15) is 0 Å². The van der Waals surface area contributed by atoms with E-state index in [2.05, 4.69) is 60.6 Å². The number of rotatable bonds is 4. The van der Waals surface area contributed by atoms with Crippen molar-refractivity contribution in [1.82, 2.24) is 0 Å². The first kappa shape index (κ1) is 18.2. The van der Waals surface area contributed by atoms with Crippen molar-refractivity contribution in [1.29, 1.82) is 0 Å². The van der Waals surface area contributed by atoms with Crippen molar-refractivity contribution >= 4 is 6.71 Å². The van der Waals surface area contributed by atoms with Gasteiger partial charge in [-0.1, -0.05) is 84.5 Å². The molecule has 25 heavy (non-hydrogen) atoms. The molecule has 4 bridgehead atoms. The van der Waals surface area contributed by atoms with Crippen LogP contribution in [-0.2, 0) is 0 Å². The Labute approximate surface area is 157 Å². The van der Waals surface area contributed by atoms with Crippen molar-refractivity contribution in [2.24, 2.45) is 46.3 Å². The highest BCUT2D eigenvalue weighted by molar-refractivity contribution is 6.62. The van der Waals surface area contributed by atoms with Crippen LogP contribution in [0.4, 0.5) is 0 Å². The second-order valence-electron chi connectivity index (χ2n) is 11.7. The molecule has 8 atom stereocenters. The molecule has 6 aliphatic rings. The zero-order valence-electron chi connectivity index (χ0n) is 17.9. The minimum absolute atomic E-state index is 0.628. The van der Waals surface area contributed by atoms with E-state index in [1.165, 1.54) is 32.0 Å². The van der Waals surface area contributed by atoms with Crippen molar-refractivity contribution in [2.45, 2.75) is 92.1 Å². The number of allylic oxidation sites excluding steroid dienone is 2. The Kier molecular flexibility index (Phi) is 4.29. The van der Waals surface area contributed by atoms with Crippen molar-refractivity contribution in [3.8, 4) is 0 Å². The SMILES string of the molecule is C/C=C\CB([C@@H]1C[C@@H]2C[C@@H]([C@@H]1C)C2(C)C)[C@@H]1C[C@@H]2C[C@@H]([C@@H]1C)C2(C)C. The smallest absolute Gasteiger partial charge is 0.0960 e. The second kappa shape index (κ2) is 5.90. The van der Waals surface area contributed by atoms with E-state index in [1.54, 1.807) is 0 Å². The first-order chi connectivity index (χ1) is 11.7. The average molecular weight is 340 g/mol. The van der Waals surface area contributed by atoms with E-state index in [-0.39, 0.29) is 0 Å². The molecule has 0 amide bonds. The highest BCUT2D eigenvalue weighted by Gasteiger charge is 2.61. The maximum absolute atomic E-state index is 2.62. The van der Waals surface area contributed by atoms with Gasteiger partial charge in [0.15, 0.2) is 6.71 Å². The fourth-order valence-corrected chi connectivity index (χ4v) is 8.47. The summed E-state index contributed by atoms with van der Waals surface area (Å²) in [6.45, 7) is 18.6. The van der Waals surface area contributed by atoms with Crippen molar-refractivity contribution < 1.29 is 0 Å². The zero-order valence-corrected chi connectivity index (χ0v) is 17.9. The third-order valence-electron chi connectivity index (χ3n) is 10.6. The van der Waals surface area contributed by atoms with Gasteiger partial charge in [0.25, 0.3) is 0 Å². The van der Waals surface area contributed by atoms with Gasteiger partial charge in [0.05, 0.1) is 0 Å². The first-order valence-corrected chi connectivity index (χ1v) is 11.3. The van der Waals surface area contributed by atoms with Crippen LogP contribution in [0.15, 0.2) is 12.2 Å². The van der Waals surface area contributed by atoms with Gasteiger partial charge < -0.3 is 0 Å². The van der Waals surface area contributed by atoms with Crippen LogP contribution in [0.5, 0.6) is 0 Å². The molecule has 0 nitrogen and oxygen atoms in total. The molecule has 0 aromatic rings. The van der Waals surface area contributed by atoms with E-state index in [9.17, 15) is 0 Å². The summed E-state index contributed by atoms with van der Waals surface area (Å²) in [5.74, 6) is 7.86. The van der Waals surface area contributed by atoms with Gasteiger partial charge in [-0.25, -0.2) is 0 Å². The number of fused-ring (bicyclic) bond motifs is 4. The fraction of sp³-hybridized carbons (Fsp3) is 0.917. The summed E-state index contributed by atoms with van der Waals surface area (Å²) in [6, 6.07) is 0. The fourth-order valence-electron chi connectivity index (χ4n) is 8.47. The molecule has 6 rings (SSSR count). The van der Waals surface area contributed by atoms with Crippen LogP contribution in [0, 0.1) is 46.3 Å². The standard InChI is InChI=1S/C24H41B/c1-8-9-10-25(21-13-17-11-19(15(21)2)23(17,4)5)22-14-18-12-20(16(22)3)24(18,6)7/h8-9,15-22H,10-14H2,1-7H3/b9-8-/t15-,16-,17-,18-,19-,20-,21+,22+/m0/s1.